The lowest BCUT2D eigenvalue weighted by atomic mass is 10.0. The average Bonchev–Trinajstić information content (AvgIpc) is 3.04. The molecular formula is C13H24N2O2. The summed E-state index contributed by atoms with van der Waals surface area (Å²) in [5.74, 6) is 1.18. The van der Waals surface area contributed by atoms with Crippen LogP contribution in [0.5, 0.6) is 0 Å². The zero-order chi connectivity index (χ0) is 12.1. The third kappa shape index (κ3) is 4.28. The minimum atomic E-state index is 0.155. The molecule has 1 amide bonds. The molecule has 98 valence electrons. The van der Waals surface area contributed by atoms with E-state index in [4.69, 9.17) is 4.74 Å². The van der Waals surface area contributed by atoms with Gasteiger partial charge in [0.15, 0.2) is 0 Å². The van der Waals surface area contributed by atoms with Crippen LogP contribution >= 0.6 is 0 Å². The van der Waals surface area contributed by atoms with Gasteiger partial charge >= 0.3 is 0 Å². The second-order valence-corrected chi connectivity index (χ2v) is 5.30. The first-order valence-electron chi connectivity index (χ1n) is 6.86. The van der Waals surface area contributed by atoms with Gasteiger partial charge in [0.2, 0.25) is 5.91 Å². The van der Waals surface area contributed by atoms with Gasteiger partial charge in [-0.05, 0) is 45.1 Å². The molecule has 2 atom stereocenters. The Labute approximate surface area is 103 Å². The van der Waals surface area contributed by atoms with Crippen molar-refractivity contribution in [1.82, 2.24) is 10.6 Å². The van der Waals surface area contributed by atoms with Crippen molar-refractivity contribution in [3.8, 4) is 0 Å². The largest absolute Gasteiger partial charge is 0.381 e. The van der Waals surface area contributed by atoms with Crippen LogP contribution in [0.3, 0.4) is 0 Å². The second-order valence-electron chi connectivity index (χ2n) is 5.30. The third-order valence-corrected chi connectivity index (χ3v) is 3.68. The molecule has 1 saturated carbocycles. The lowest BCUT2D eigenvalue weighted by Crippen LogP contribution is -2.37. The van der Waals surface area contributed by atoms with E-state index in [1.165, 1.54) is 12.8 Å². The molecule has 0 aromatic rings. The maximum absolute atomic E-state index is 11.8. The van der Waals surface area contributed by atoms with Gasteiger partial charge in [0, 0.05) is 25.8 Å². The number of amides is 1. The van der Waals surface area contributed by atoms with Gasteiger partial charge in [-0.1, -0.05) is 0 Å². The van der Waals surface area contributed by atoms with Crippen LogP contribution in [0.15, 0.2) is 0 Å². The fourth-order valence-corrected chi connectivity index (χ4v) is 2.27. The summed E-state index contributed by atoms with van der Waals surface area (Å²) < 4.78 is 5.52. The van der Waals surface area contributed by atoms with Crippen molar-refractivity contribution in [2.75, 3.05) is 26.3 Å². The summed E-state index contributed by atoms with van der Waals surface area (Å²) in [4.78, 5) is 11.8. The molecule has 2 rings (SSSR count). The molecule has 1 aliphatic carbocycles. The van der Waals surface area contributed by atoms with Crippen molar-refractivity contribution in [2.45, 2.75) is 38.6 Å². The maximum Gasteiger partial charge on any atom is 0.224 e. The van der Waals surface area contributed by atoms with E-state index in [-0.39, 0.29) is 11.8 Å². The zero-order valence-electron chi connectivity index (χ0n) is 10.7. The van der Waals surface area contributed by atoms with Crippen LogP contribution in [0.4, 0.5) is 0 Å². The number of hydrogen-bond acceptors (Lipinski definition) is 3. The first-order chi connectivity index (χ1) is 8.27. The molecule has 2 aliphatic rings. The molecular weight excluding hydrogens is 216 g/mol. The van der Waals surface area contributed by atoms with E-state index < -0.39 is 0 Å². The third-order valence-electron chi connectivity index (χ3n) is 3.68. The highest BCUT2D eigenvalue weighted by atomic mass is 16.5. The van der Waals surface area contributed by atoms with Gasteiger partial charge in [-0.2, -0.15) is 0 Å². The SMILES string of the molecule is CC1NCCC1C(=O)NCCCOCC1CC1. The van der Waals surface area contributed by atoms with E-state index >= 15 is 0 Å². The monoisotopic (exact) mass is 240 g/mol. The van der Waals surface area contributed by atoms with E-state index in [2.05, 4.69) is 17.6 Å². The molecule has 1 saturated heterocycles. The molecule has 4 heteroatoms. The van der Waals surface area contributed by atoms with E-state index in [1.54, 1.807) is 0 Å². The molecule has 2 N–H and O–H groups in total. The van der Waals surface area contributed by atoms with E-state index in [0.717, 1.165) is 45.1 Å². The van der Waals surface area contributed by atoms with Crippen LogP contribution in [0.25, 0.3) is 0 Å². The highest BCUT2D eigenvalue weighted by molar-refractivity contribution is 5.79. The standard InChI is InChI=1S/C13H24N2O2/c1-10-12(5-7-14-10)13(16)15-6-2-8-17-9-11-3-4-11/h10-12,14H,2-9H2,1H3,(H,15,16). The first-order valence-corrected chi connectivity index (χ1v) is 6.86. The van der Waals surface area contributed by atoms with Crippen LogP contribution in [-0.4, -0.2) is 38.3 Å². The van der Waals surface area contributed by atoms with Crippen molar-refractivity contribution in [1.29, 1.82) is 0 Å². The molecule has 0 aromatic heterocycles. The Morgan fingerprint density at radius 1 is 1.41 bits per heavy atom. The number of nitrogens with one attached hydrogen (secondary N) is 2. The van der Waals surface area contributed by atoms with Gasteiger partial charge in [0.25, 0.3) is 0 Å². The molecule has 17 heavy (non-hydrogen) atoms. The molecule has 4 nitrogen and oxygen atoms in total. The van der Waals surface area contributed by atoms with Crippen LogP contribution in [-0.2, 0) is 9.53 Å². The number of rotatable bonds is 7. The first kappa shape index (κ1) is 12.8. The van der Waals surface area contributed by atoms with E-state index in [0.29, 0.717) is 6.04 Å². The Bertz CT molecular complexity index is 254. The molecule has 2 unspecified atom stereocenters. The maximum atomic E-state index is 11.8. The lowest BCUT2D eigenvalue weighted by Gasteiger charge is -2.14. The van der Waals surface area contributed by atoms with Crippen LogP contribution in [0, 0.1) is 11.8 Å². The van der Waals surface area contributed by atoms with Crippen LogP contribution in [0.1, 0.15) is 32.6 Å². The smallest absolute Gasteiger partial charge is 0.224 e. The summed E-state index contributed by atoms with van der Waals surface area (Å²) >= 11 is 0. The second kappa shape index (κ2) is 6.36. The fraction of sp³-hybridized carbons (Fsp3) is 0.923. The van der Waals surface area contributed by atoms with E-state index in [9.17, 15) is 4.79 Å². The van der Waals surface area contributed by atoms with Gasteiger partial charge in [0.05, 0.1) is 5.92 Å². The minimum Gasteiger partial charge on any atom is -0.381 e. The lowest BCUT2D eigenvalue weighted by molar-refractivity contribution is -0.125. The highest BCUT2D eigenvalue weighted by Crippen LogP contribution is 2.28. The molecule has 2 fully saturated rings. The zero-order valence-corrected chi connectivity index (χ0v) is 10.7. The Morgan fingerprint density at radius 2 is 2.24 bits per heavy atom. The van der Waals surface area contributed by atoms with Crippen LogP contribution < -0.4 is 10.6 Å². The molecule has 0 radical (unpaired) electrons. The molecule has 0 aromatic carbocycles. The van der Waals surface area contributed by atoms with Crippen LogP contribution in [0.2, 0.25) is 0 Å². The van der Waals surface area contributed by atoms with Crippen molar-refractivity contribution < 1.29 is 9.53 Å². The van der Waals surface area contributed by atoms with E-state index in [1.807, 2.05) is 0 Å². The van der Waals surface area contributed by atoms with Crippen molar-refractivity contribution >= 4 is 5.91 Å². The molecule has 1 aliphatic heterocycles. The Morgan fingerprint density at radius 3 is 2.88 bits per heavy atom. The quantitative estimate of drug-likeness (QED) is 0.651. The number of ether oxygens (including phenoxy) is 1. The Kier molecular flexibility index (Phi) is 4.80. The summed E-state index contributed by atoms with van der Waals surface area (Å²) in [6, 6.07) is 0.320. The summed E-state index contributed by atoms with van der Waals surface area (Å²) in [6.45, 7) is 5.47. The Balaban J connectivity index is 1.47. The van der Waals surface area contributed by atoms with Crippen molar-refractivity contribution in [3.63, 3.8) is 0 Å². The molecule has 0 bridgehead atoms. The fourth-order valence-electron chi connectivity index (χ4n) is 2.27. The summed E-state index contributed by atoms with van der Waals surface area (Å²) in [5, 5.41) is 6.29. The number of carbonyl (C=O) groups is 1. The molecule has 1 heterocycles. The predicted octanol–water partition coefficient (Wildman–Crippen LogP) is 0.917. The highest BCUT2D eigenvalue weighted by Gasteiger charge is 2.28. The number of hydrogen-bond donors (Lipinski definition) is 2. The van der Waals surface area contributed by atoms with Gasteiger partial charge in [-0.25, -0.2) is 0 Å². The molecule has 0 spiro atoms. The topological polar surface area (TPSA) is 50.4 Å². The average molecular weight is 240 g/mol. The van der Waals surface area contributed by atoms with Gasteiger partial charge < -0.3 is 15.4 Å². The van der Waals surface area contributed by atoms with Gasteiger partial charge in [-0.3, -0.25) is 4.79 Å². The Hall–Kier alpha value is -0.610. The van der Waals surface area contributed by atoms with Gasteiger partial charge in [-0.15, -0.1) is 0 Å². The summed E-state index contributed by atoms with van der Waals surface area (Å²) in [6.07, 6.45) is 4.56. The van der Waals surface area contributed by atoms with Crippen molar-refractivity contribution in [3.05, 3.63) is 0 Å². The minimum absolute atomic E-state index is 0.155. The summed E-state index contributed by atoms with van der Waals surface area (Å²) in [5.41, 5.74) is 0. The number of carbonyl (C=O) groups excluding carboxylic acids is 1. The normalized spacial score (nSPS) is 28.3. The predicted molar refractivity (Wildman–Crippen MR) is 66.7 cm³/mol. The van der Waals surface area contributed by atoms with Gasteiger partial charge in [0.1, 0.15) is 0 Å². The summed E-state index contributed by atoms with van der Waals surface area (Å²) in [7, 11) is 0. The van der Waals surface area contributed by atoms with Crippen molar-refractivity contribution in [2.24, 2.45) is 11.8 Å².